The molecule has 33 heavy (non-hydrogen) atoms. The van der Waals surface area contributed by atoms with E-state index in [9.17, 15) is 4.79 Å². The van der Waals surface area contributed by atoms with Crippen molar-refractivity contribution in [3.05, 3.63) is 98.7 Å². The lowest BCUT2D eigenvalue weighted by molar-refractivity contribution is 0.821. The van der Waals surface area contributed by atoms with E-state index in [1.165, 1.54) is 21.2 Å². The second-order valence-corrected chi connectivity index (χ2v) is 10.4. The zero-order valence-electron chi connectivity index (χ0n) is 19.1. The minimum Gasteiger partial charge on any atom is -0.268 e. The summed E-state index contributed by atoms with van der Waals surface area (Å²) in [6.45, 7) is 6.29. The van der Waals surface area contributed by atoms with Crippen LogP contribution in [0.4, 0.5) is 0 Å². The molecule has 0 aliphatic carbocycles. The largest absolute Gasteiger partial charge is 0.268 e. The van der Waals surface area contributed by atoms with Gasteiger partial charge in [-0.05, 0) is 59.9 Å². The van der Waals surface area contributed by atoms with Gasteiger partial charge in [0.1, 0.15) is 4.83 Å². The van der Waals surface area contributed by atoms with E-state index < -0.39 is 0 Å². The lowest BCUT2D eigenvalue weighted by Gasteiger charge is -2.13. The van der Waals surface area contributed by atoms with Gasteiger partial charge >= 0.3 is 0 Å². The Morgan fingerprint density at radius 2 is 1.79 bits per heavy atom. The molecule has 0 radical (unpaired) electrons. The van der Waals surface area contributed by atoms with Gasteiger partial charge in [0.2, 0.25) is 0 Å². The maximum absolute atomic E-state index is 13.8. The number of rotatable bonds is 6. The Hall–Kier alpha value is -2.89. The molecule has 0 saturated carbocycles. The normalized spacial score (nSPS) is 11.5. The predicted molar refractivity (Wildman–Crippen MR) is 142 cm³/mol. The quantitative estimate of drug-likeness (QED) is 0.191. The van der Waals surface area contributed by atoms with Crippen LogP contribution in [0.1, 0.15) is 34.9 Å². The highest BCUT2D eigenvalue weighted by Crippen LogP contribution is 2.33. The fraction of sp³-hybridized carbons (Fsp3) is 0.214. The first-order chi connectivity index (χ1) is 16.1. The molecule has 2 heterocycles. The summed E-state index contributed by atoms with van der Waals surface area (Å²) in [6.07, 6.45) is 2.04. The number of fused-ring (bicyclic) bond motifs is 2. The molecule has 3 aromatic carbocycles. The van der Waals surface area contributed by atoms with Gasteiger partial charge in [0.15, 0.2) is 5.16 Å². The summed E-state index contributed by atoms with van der Waals surface area (Å²) >= 11 is 3.30. The monoisotopic (exact) mass is 470 g/mol. The third-order valence-corrected chi connectivity index (χ3v) is 8.24. The fourth-order valence-corrected chi connectivity index (χ4v) is 6.66. The Balaban J connectivity index is 1.66. The molecular formula is C28H26N2OS2. The summed E-state index contributed by atoms with van der Waals surface area (Å²) in [5.74, 6) is 0.747. The zero-order chi connectivity index (χ0) is 22.9. The van der Waals surface area contributed by atoms with Crippen molar-refractivity contribution in [1.82, 2.24) is 9.55 Å². The van der Waals surface area contributed by atoms with Gasteiger partial charge in [-0.25, -0.2) is 4.98 Å². The van der Waals surface area contributed by atoms with Gasteiger partial charge in [0.25, 0.3) is 5.56 Å². The molecular weight excluding hydrogens is 444 g/mol. The van der Waals surface area contributed by atoms with Crippen LogP contribution in [0.2, 0.25) is 0 Å². The van der Waals surface area contributed by atoms with E-state index in [0.29, 0.717) is 0 Å². The van der Waals surface area contributed by atoms with Crippen molar-refractivity contribution >= 4 is 44.1 Å². The molecule has 0 bridgehead atoms. The van der Waals surface area contributed by atoms with Gasteiger partial charge < -0.3 is 0 Å². The number of thioether (sulfide) groups is 1. The number of aryl methyl sites for hydroxylation is 3. The molecule has 5 aromatic rings. The highest BCUT2D eigenvalue weighted by Gasteiger charge is 2.19. The Kier molecular flexibility index (Phi) is 6.09. The topological polar surface area (TPSA) is 34.9 Å². The van der Waals surface area contributed by atoms with Crippen molar-refractivity contribution in [2.75, 3.05) is 0 Å². The second-order valence-electron chi connectivity index (χ2n) is 8.38. The molecule has 0 atom stereocenters. The summed E-state index contributed by atoms with van der Waals surface area (Å²) in [4.78, 5) is 21.0. The number of hydrogen-bond acceptors (Lipinski definition) is 4. The number of aromatic nitrogens is 2. The first-order valence-electron chi connectivity index (χ1n) is 11.3. The van der Waals surface area contributed by atoms with Gasteiger partial charge in [0, 0.05) is 10.6 Å². The van der Waals surface area contributed by atoms with Crippen LogP contribution in [-0.2, 0) is 12.2 Å². The molecule has 5 rings (SSSR count). The van der Waals surface area contributed by atoms with Crippen LogP contribution in [0.5, 0.6) is 0 Å². The molecule has 0 N–H and O–H groups in total. The average molecular weight is 471 g/mol. The first kappa shape index (κ1) is 21.9. The Bertz CT molecular complexity index is 1530. The SMILES string of the molecule is CCCc1sc2nc(SCc3cccc4ccccc34)n(-c3cccc(C)c3)c(=O)c2c1C. The van der Waals surface area contributed by atoms with Crippen molar-refractivity contribution < 1.29 is 0 Å². The van der Waals surface area contributed by atoms with E-state index in [1.807, 2.05) is 12.1 Å². The van der Waals surface area contributed by atoms with E-state index in [2.05, 4.69) is 75.4 Å². The fourth-order valence-electron chi connectivity index (χ4n) is 4.33. The Labute approximate surface area is 202 Å². The summed E-state index contributed by atoms with van der Waals surface area (Å²) in [5.41, 5.74) is 4.36. The highest BCUT2D eigenvalue weighted by molar-refractivity contribution is 7.98. The molecule has 0 unspecified atom stereocenters. The van der Waals surface area contributed by atoms with E-state index in [4.69, 9.17) is 4.98 Å². The molecule has 3 nitrogen and oxygen atoms in total. The zero-order valence-corrected chi connectivity index (χ0v) is 20.7. The minimum absolute atomic E-state index is 0.0297. The summed E-state index contributed by atoms with van der Waals surface area (Å²) in [7, 11) is 0. The lowest BCUT2D eigenvalue weighted by atomic mass is 10.1. The van der Waals surface area contributed by atoms with E-state index >= 15 is 0 Å². The van der Waals surface area contributed by atoms with E-state index in [1.54, 1.807) is 27.7 Å². The number of hydrogen-bond donors (Lipinski definition) is 0. The summed E-state index contributed by atoms with van der Waals surface area (Å²) in [5, 5.41) is 3.98. The van der Waals surface area contributed by atoms with Crippen molar-refractivity contribution in [1.29, 1.82) is 0 Å². The number of benzene rings is 3. The van der Waals surface area contributed by atoms with Crippen LogP contribution in [0.3, 0.4) is 0 Å². The van der Waals surface area contributed by atoms with Crippen LogP contribution >= 0.6 is 23.1 Å². The second kappa shape index (κ2) is 9.16. The maximum atomic E-state index is 13.8. The van der Waals surface area contributed by atoms with Crippen molar-refractivity contribution in [2.24, 2.45) is 0 Å². The van der Waals surface area contributed by atoms with Gasteiger partial charge in [-0.2, -0.15) is 0 Å². The molecule has 5 heteroatoms. The maximum Gasteiger partial charge on any atom is 0.267 e. The predicted octanol–water partition coefficient (Wildman–Crippen LogP) is 7.46. The van der Waals surface area contributed by atoms with Gasteiger partial charge in [0.05, 0.1) is 11.1 Å². The van der Waals surface area contributed by atoms with Crippen LogP contribution < -0.4 is 5.56 Å². The van der Waals surface area contributed by atoms with Gasteiger partial charge in [-0.3, -0.25) is 9.36 Å². The third kappa shape index (κ3) is 4.11. The number of thiophene rings is 1. The Morgan fingerprint density at radius 1 is 1.00 bits per heavy atom. The molecule has 0 aliphatic heterocycles. The standard InChI is InChI=1S/C28H26N2OS2/c1-4-9-24-19(3)25-26(33-24)29-28(30(27(25)31)22-14-7-10-18(2)16-22)32-17-21-13-8-12-20-11-5-6-15-23(20)21/h5-8,10-16H,4,9,17H2,1-3H3. The van der Waals surface area contributed by atoms with Crippen LogP contribution in [0, 0.1) is 13.8 Å². The first-order valence-corrected chi connectivity index (χ1v) is 13.1. The molecule has 0 fully saturated rings. The molecule has 0 spiro atoms. The molecule has 2 aromatic heterocycles. The minimum atomic E-state index is 0.0297. The highest BCUT2D eigenvalue weighted by atomic mass is 32.2. The summed E-state index contributed by atoms with van der Waals surface area (Å²) in [6, 6.07) is 23.0. The number of nitrogens with zero attached hydrogens (tertiary/aromatic N) is 2. The van der Waals surface area contributed by atoms with Crippen LogP contribution in [-0.4, -0.2) is 9.55 Å². The third-order valence-electron chi connectivity index (χ3n) is 6.01. The summed E-state index contributed by atoms with van der Waals surface area (Å²) < 4.78 is 1.81. The molecule has 0 saturated heterocycles. The van der Waals surface area contributed by atoms with E-state index in [-0.39, 0.29) is 5.56 Å². The van der Waals surface area contributed by atoms with Crippen molar-refractivity contribution in [2.45, 2.75) is 44.5 Å². The van der Waals surface area contributed by atoms with Crippen molar-refractivity contribution in [3.63, 3.8) is 0 Å². The van der Waals surface area contributed by atoms with Crippen molar-refractivity contribution in [3.8, 4) is 5.69 Å². The lowest BCUT2D eigenvalue weighted by Crippen LogP contribution is -2.21. The Morgan fingerprint density at radius 3 is 2.61 bits per heavy atom. The van der Waals surface area contributed by atoms with E-state index in [0.717, 1.165) is 50.8 Å². The van der Waals surface area contributed by atoms with Crippen LogP contribution in [0.25, 0.3) is 26.7 Å². The van der Waals surface area contributed by atoms with Gasteiger partial charge in [-0.15, -0.1) is 11.3 Å². The molecule has 0 aliphatic rings. The average Bonchev–Trinajstić information content (AvgIpc) is 3.13. The molecule has 0 amide bonds. The van der Waals surface area contributed by atoms with Crippen LogP contribution in [0.15, 0.2) is 76.7 Å². The van der Waals surface area contributed by atoms with Gasteiger partial charge in [-0.1, -0.05) is 79.7 Å². The molecule has 166 valence electrons. The smallest absolute Gasteiger partial charge is 0.267 e.